The van der Waals surface area contributed by atoms with Crippen molar-refractivity contribution < 1.29 is 14.3 Å². The van der Waals surface area contributed by atoms with E-state index in [-0.39, 0.29) is 6.09 Å². The summed E-state index contributed by atoms with van der Waals surface area (Å²) < 4.78 is 11.3. The zero-order valence-electron chi connectivity index (χ0n) is 13.5. The van der Waals surface area contributed by atoms with Gasteiger partial charge in [-0.2, -0.15) is 0 Å². The van der Waals surface area contributed by atoms with Crippen molar-refractivity contribution in [2.24, 2.45) is 0 Å². The number of carbonyl (C=O) groups is 1. The molecule has 1 fully saturated rings. The second-order valence-corrected chi connectivity index (χ2v) is 6.91. The molecule has 2 aliphatic heterocycles. The number of para-hydroxylation sites is 1. The first kappa shape index (κ1) is 15.0. The van der Waals surface area contributed by atoms with Gasteiger partial charge in [0.2, 0.25) is 0 Å². The van der Waals surface area contributed by atoms with E-state index in [1.165, 1.54) is 5.56 Å². The van der Waals surface area contributed by atoms with Gasteiger partial charge in [-0.15, -0.1) is 0 Å². The summed E-state index contributed by atoms with van der Waals surface area (Å²) in [6.45, 7) is 8.63. The summed E-state index contributed by atoms with van der Waals surface area (Å²) in [6, 6.07) is 6.19. The molecule has 1 N–H and O–H groups in total. The van der Waals surface area contributed by atoms with E-state index in [1.54, 1.807) is 4.90 Å². The minimum absolute atomic E-state index is 0.223. The summed E-state index contributed by atoms with van der Waals surface area (Å²) in [5, 5.41) is 3.36. The molecule has 0 bridgehead atoms. The van der Waals surface area contributed by atoms with Crippen molar-refractivity contribution in [1.29, 1.82) is 0 Å². The number of carbonyl (C=O) groups excluding carboxylic acids is 1. The largest absolute Gasteiger partial charge is 0.489 e. The number of nitrogens with one attached hydrogen (secondary N) is 1. The Morgan fingerprint density at radius 2 is 2.23 bits per heavy atom. The molecular formula is C17H24N2O3. The van der Waals surface area contributed by atoms with Gasteiger partial charge in [0.05, 0.1) is 5.69 Å². The van der Waals surface area contributed by atoms with Crippen molar-refractivity contribution in [2.45, 2.75) is 38.7 Å². The predicted molar refractivity (Wildman–Crippen MR) is 85.6 cm³/mol. The van der Waals surface area contributed by atoms with Gasteiger partial charge in [0.15, 0.2) is 0 Å². The first-order chi connectivity index (χ1) is 10.4. The van der Waals surface area contributed by atoms with Gasteiger partial charge in [0.25, 0.3) is 0 Å². The third kappa shape index (κ3) is 3.13. The Labute approximate surface area is 131 Å². The monoisotopic (exact) mass is 304 g/mol. The number of hydrogen-bond acceptors (Lipinski definition) is 4. The van der Waals surface area contributed by atoms with E-state index in [2.05, 4.69) is 11.4 Å². The van der Waals surface area contributed by atoms with Gasteiger partial charge in [-0.1, -0.05) is 12.1 Å². The molecule has 120 valence electrons. The Balaban J connectivity index is 1.72. The molecule has 0 aromatic heterocycles. The van der Waals surface area contributed by atoms with Crippen LogP contribution in [0.25, 0.3) is 0 Å². The third-order valence-corrected chi connectivity index (χ3v) is 3.99. The fraction of sp³-hybridized carbons (Fsp3) is 0.588. The first-order valence-corrected chi connectivity index (χ1v) is 7.91. The Bertz CT molecular complexity index is 566. The van der Waals surface area contributed by atoms with Crippen LogP contribution in [0.2, 0.25) is 0 Å². The van der Waals surface area contributed by atoms with Gasteiger partial charge in [-0.05, 0) is 33.3 Å². The highest BCUT2D eigenvalue weighted by Crippen LogP contribution is 2.39. The summed E-state index contributed by atoms with van der Waals surface area (Å²) in [5.41, 5.74) is 1.80. The molecule has 5 nitrogen and oxygen atoms in total. The van der Waals surface area contributed by atoms with Crippen LogP contribution < -0.4 is 10.1 Å². The number of likely N-dealkylation sites (tertiary alicyclic amines) is 1. The standard InChI is InChI=1S/C17H24N2O3/c1-17(2,3)22-16(20)19-9-7-12(11-19)13-5-4-6-14-15(13)21-10-8-18-14/h4-6,12,18H,7-11H2,1-3H3. The quantitative estimate of drug-likeness (QED) is 0.865. The molecule has 3 rings (SSSR count). The lowest BCUT2D eigenvalue weighted by Crippen LogP contribution is -2.35. The van der Waals surface area contributed by atoms with Gasteiger partial charge >= 0.3 is 6.09 Å². The number of nitrogens with zero attached hydrogens (tertiary/aromatic N) is 1. The van der Waals surface area contributed by atoms with Crippen LogP contribution in [0.3, 0.4) is 0 Å². The number of ether oxygens (including phenoxy) is 2. The van der Waals surface area contributed by atoms with E-state index in [4.69, 9.17) is 9.47 Å². The third-order valence-electron chi connectivity index (χ3n) is 3.99. The highest BCUT2D eigenvalue weighted by Gasteiger charge is 2.32. The summed E-state index contributed by atoms with van der Waals surface area (Å²) in [5.74, 6) is 1.26. The summed E-state index contributed by atoms with van der Waals surface area (Å²) in [6.07, 6.45) is 0.720. The molecule has 0 aliphatic carbocycles. The normalized spacial score (nSPS) is 20.9. The summed E-state index contributed by atoms with van der Waals surface area (Å²) >= 11 is 0. The van der Waals surface area contributed by atoms with Gasteiger partial charge in [-0.25, -0.2) is 4.79 Å². The number of fused-ring (bicyclic) bond motifs is 1. The molecule has 1 atom stereocenters. The smallest absolute Gasteiger partial charge is 0.410 e. The summed E-state index contributed by atoms with van der Waals surface area (Å²) in [4.78, 5) is 14.0. The second kappa shape index (κ2) is 5.71. The Kier molecular flexibility index (Phi) is 3.89. The molecule has 1 unspecified atom stereocenters. The molecular weight excluding hydrogens is 280 g/mol. The Hall–Kier alpha value is -1.91. The van der Waals surface area contributed by atoms with Gasteiger partial charge in [-0.3, -0.25) is 0 Å². The Morgan fingerprint density at radius 1 is 1.41 bits per heavy atom. The molecule has 0 spiro atoms. The maximum absolute atomic E-state index is 12.2. The van der Waals surface area contributed by atoms with Crippen molar-refractivity contribution in [3.05, 3.63) is 23.8 Å². The molecule has 2 aliphatic rings. The minimum atomic E-state index is -0.450. The van der Waals surface area contributed by atoms with E-state index in [1.807, 2.05) is 32.9 Å². The van der Waals surface area contributed by atoms with E-state index in [9.17, 15) is 4.79 Å². The van der Waals surface area contributed by atoms with E-state index < -0.39 is 5.60 Å². The van der Waals surface area contributed by atoms with Crippen molar-refractivity contribution in [3.63, 3.8) is 0 Å². The maximum atomic E-state index is 12.2. The van der Waals surface area contributed by atoms with Gasteiger partial charge < -0.3 is 19.7 Å². The van der Waals surface area contributed by atoms with Crippen molar-refractivity contribution in [1.82, 2.24) is 4.90 Å². The summed E-state index contributed by atoms with van der Waals surface area (Å²) in [7, 11) is 0. The molecule has 1 amide bonds. The molecule has 2 heterocycles. The topological polar surface area (TPSA) is 50.8 Å². The maximum Gasteiger partial charge on any atom is 0.410 e. The van der Waals surface area contributed by atoms with Crippen molar-refractivity contribution in [3.8, 4) is 5.75 Å². The number of benzene rings is 1. The molecule has 1 aromatic rings. The van der Waals surface area contributed by atoms with Crippen LogP contribution in [0.5, 0.6) is 5.75 Å². The minimum Gasteiger partial charge on any atom is -0.489 e. The number of amides is 1. The van der Waals surface area contributed by atoms with Crippen LogP contribution in [0, 0.1) is 0 Å². The van der Waals surface area contributed by atoms with Crippen molar-refractivity contribution in [2.75, 3.05) is 31.6 Å². The molecule has 22 heavy (non-hydrogen) atoms. The predicted octanol–water partition coefficient (Wildman–Crippen LogP) is 3.22. The zero-order valence-corrected chi connectivity index (χ0v) is 13.5. The number of rotatable bonds is 1. The van der Waals surface area contributed by atoms with Crippen LogP contribution in [-0.4, -0.2) is 42.8 Å². The van der Waals surface area contributed by atoms with Crippen LogP contribution >= 0.6 is 0 Å². The first-order valence-electron chi connectivity index (χ1n) is 7.91. The van der Waals surface area contributed by atoms with E-state index in [0.29, 0.717) is 19.1 Å². The van der Waals surface area contributed by atoms with E-state index in [0.717, 1.165) is 30.9 Å². The SMILES string of the molecule is CC(C)(C)OC(=O)N1CCC(c2cccc3c2OCCN3)C1. The fourth-order valence-electron chi connectivity index (χ4n) is 3.02. The lowest BCUT2D eigenvalue weighted by Gasteiger charge is -2.25. The van der Waals surface area contributed by atoms with Crippen LogP contribution in [0.1, 0.15) is 38.7 Å². The highest BCUT2D eigenvalue weighted by atomic mass is 16.6. The average molecular weight is 304 g/mol. The lowest BCUT2D eigenvalue weighted by atomic mass is 9.96. The van der Waals surface area contributed by atoms with Crippen LogP contribution in [0.15, 0.2) is 18.2 Å². The molecule has 5 heteroatoms. The number of anilines is 1. The average Bonchev–Trinajstić information content (AvgIpc) is 2.94. The van der Waals surface area contributed by atoms with Crippen LogP contribution in [-0.2, 0) is 4.74 Å². The van der Waals surface area contributed by atoms with Crippen LogP contribution in [0.4, 0.5) is 10.5 Å². The number of hydrogen-bond donors (Lipinski definition) is 1. The molecule has 1 aromatic carbocycles. The van der Waals surface area contributed by atoms with E-state index >= 15 is 0 Å². The van der Waals surface area contributed by atoms with Gasteiger partial charge in [0, 0.05) is 31.1 Å². The highest BCUT2D eigenvalue weighted by molar-refractivity contribution is 5.69. The zero-order chi connectivity index (χ0) is 15.7. The molecule has 0 saturated carbocycles. The lowest BCUT2D eigenvalue weighted by molar-refractivity contribution is 0.0292. The molecule has 1 saturated heterocycles. The van der Waals surface area contributed by atoms with Gasteiger partial charge in [0.1, 0.15) is 18.0 Å². The fourth-order valence-corrected chi connectivity index (χ4v) is 3.02. The molecule has 0 radical (unpaired) electrons. The Morgan fingerprint density at radius 3 is 3.00 bits per heavy atom. The van der Waals surface area contributed by atoms with Crippen molar-refractivity contribution >= 4 is 11.8 Å². The second-order valence-electron chi connectivity index (χ2n) is 6.91.